The fraction of sp³-hybridized carbons (Fsp3) is 0.438. The molecular weight excluding hydrogens is 340 g/mol. The first-order valence-electron chi connectivity index (χ1n) is 7.82. The van der Waals surface area contributed by atoms with Gasteiger partial charge in [0.05, 0.1) is 18.0 Å². The van der Waals surface area contributed by atoms with Crippen molar-refractivity contribution in [1.29, 1.82) is 0 Å². The Balaban J connectivity index is 1.79. The number of aromatic nitrogens is 6. The molecule has 2 aromatic heterocycles. The molecule has 0 saturated heterocycles. The first-order chi connectivity index (χ1) is 11.9. The fourth-order valence-corrected chi connectivity index (χ4v) is 2.89. The van der Waals surface area contributed by atoms with Crippen molar-refractivity contribution in [2.24, 2.45) is 0 Å². The number of ether oxygens (including phenoxy) is 1. The molecule has 2 heterocycles. The zero-order valence-corrected chi connectivity index (χ0v) is 15.6. The van der Waals surface area contributed by atoms with E-state index in [1.54, 1.807) is 11.8 Å². The van der Waals surface area contributed by atoms with E-state index in [9.17, 15) is 0 Å². The third-order valence-corrected chi connectivity index (χ3v) is 4.52. The van der Waals surface area contributed by atoms with Gasteiger partial charge in [0, 0.05) is 5.41 Å². The van der Waals surface area contributed by atoms with Crippen LogP contribution >= 0.6 is 11.8 Å². The molecule has 0 amide bonds. The Bertz CT molecular complexity index is 837. The second-order valence-electron chi connectivity index (χ2n) is 6.54. The highest BCUT2D eigenvalue weighted by molar-refractivity contribution is 7.99. The van der Waals surface area contributed by atoms with Gasteiger partial charge in [0.25, 0.3) is 0 Å². The Kier molecular flexibility index (Phi) is 4.76. The minimum Gasteiger partial charge on any atom is -0.497 e. The van der Waals surface area contributed by atoms with Gasteiger partial charge < -0.3 is 9.26 Å². The van der Waals surface area contributed by atoms with Gasteiger partial charge in [-0.2, -0.15) is 9.67 Å². The Hall–Kier alpha value is -2.42. The van der Waals surface area contributed by atoms with E-state index in [1.807, 2.05) is 52.0 Å². The van der Waals surface area contributed by atoms with Crippen LogP contribution in [0, 0.1) is 0 Å². The summed E-state index contributed by atoms with van der Waals surface area (Å²) in [5.74, 6) is 2.02. The summed E-state index contributed by atoms with van der Waals surface area (Å²) in [5.41, 5.74) is 0.693. The summed E-state index contributed by atoms with van der Waals surface area (Å²) in [5, 5.41) is 16.6. The molecule has 0 spiro atoms. The quantitative estimate of drug-likeness (QED) is 0.641. The van der Waals surface area contributed by atoms with Crippen molar-refractivity contribution >= 4 is 11.8 Å². The van der Waals surface area contributed by atoms with Gasteiger partial charge in [0.1, 0.15) is 5.75 Å². The van der Waals surface area contributed by atoms with Gasteiger partial charge in [-0.3, -0.25) is 0 Å². The number of hydrogen-bond donors (Lipinski definition) is 0. The summed E-state index contributed by atoms with van der Waals surface area (Å²) >= 11 is 1.46. The van der Waals surface area contributed by atoms with E-state index in [0.717, 1.165) is 11.4 Å². The van der Waals surface area contributed by atoms with E-state index >= 15 is 0 Å². The maximum Gasteiger partial charge on any atom is 0.239 e. The van der Waals surface area contributed by atoms with Crippen LogP contribution in [0.25, 0.3) is 5.69 Å². The number of tetrazole rings is 1. The second-order valence-corrected chi connectivity index (χ2v) is 7.85. The molecule has 0 radical (unpaired) electrons. The molecule has 0 fully saturated rings. The Morgan fingerprint density at radius 1 is 1.20 bits per heavy atom. The van der Waals surface area contributed by atoms with Gasteiger partial charge in [-0.25, -0.2) is 0 Å². The number of rotatable bonds is 5. The first kappa shape index (κ1) is 17.4. The molecule has 1 atom stereocenters. The molecule has 132 valence electrons. The van der Waals surface area contributed by atoms with E-state index in [4.69, 9.17) is 9.26 Å². The van der Waals surface area contributed by atoms with Crippen molar-refractivity contribution in [3.05, 3.63) is 36.0 Å². The van der Waals surface area contributed by atoms with Gasteiger partial charge in [-0.15, -0.1) is 5.10 Å². The molecule has 25 heavy (non-hydrogen) atoms. The van der Waals surface area contributed by atoms with Crippen LogP contribution in [-0.2, 0) is 5.41 Å². The third kappa shape index (κ3) is 3.81. The zero-order chi connectivity index (χ0) is 18.0. The monoisotopic (exact) mass is 360 g/mol. The molecule has 0 aliphatic heterocycles. The molecule has 0 bridgehead atoms. The van der Waals surface area contributed by atoms with E-state index in [2.05, 4.69) is 25.7 Å². The lowest BCUT2D eigenvalue weighted by Crippen LogP contribution is -2.13. The number of hydrogen-bond acceptors (Lipinski definition) is 8. The van der Waals surface area contributed by atoms with Crippen LogP contribution in [0.4, 0.5) is 0 Å². The highest BCUT2D eigenvalue weighted by Gasteiger charge is 2.25. The largest absolute Gasteiger partial charge is 0.497 e. The van der Waals surface area contributed by atoms with Crippen LogP contribution in [0.1, 0.15) is 44.7 Å². The van der Waals surface area contributed by atoms with Crippen molar-refractivity contribution in [3.63, 3.8) is 0 Å². The predicted molar refractivity (Wildman–Crippen MR) is 93.0 cm³/mol. The minimum absolute atomic E-state index is 0.0772. The summed E-state index contributed by atoms with van der Waals surface area (Å²) in [6.45, 7) is 8.12. The maximum absolute atomic E-state index is 5.40. The number of benzene rings is 1. The molecule has 0 aliphatic rings. The third-order valence-electron chi connectivity index (χ3n) is 3.50. The summed E-state index contributed by atoms with van der Waals surface area (Å²) in [6, 6.07) is 7.52. The van der Waals surface area contributed by atoms with Gasteiger partial charge in [-0.05, 0) is 41.6 Å². The molecule has 3 aromatic rings. The van der Waals surface area contributed by atoms with Crippen LogP contribution < -0.4 is 4.74 Å². The highest BCUT2D eigenvalue weighted by Crippen LogP contribution is 2.34. The van der Waals surface area contributed by atoms with Crippen LogP contribution in [0.2, 0.25) is 0 Å². The van der Waals surface area contributed by atoms with Crippen LogP contribution in [0.15, 0.2) is 33.9 Å². The van der Waals surface area contributed by atoms with Crippen LogP contribution in [0.3, 0.4) is 0 Å². The Morgan fingerprint density at radius 2 is 1.92 bits per heavy atom. The summed E-state index contributed by atoms with van der Waals surface area (Å²) < 4.78 is 12.2. The topological polar surface area (TPSA) is 91.8 Å². The number of thioether (sulfide) groups is 1. The molecule has 1 aromatic carbocycles. The minimum atomic E-state index is -0.156. The molecule has 8 nitrogen and oxygen atoms in total. The molecule has 1 unspecified atom stereocenters. The smallest absolute Gasteiger partial charge is 0.239 e. The normalized spacial score (nSPS) is 13.0. The lowest BCUT2D eigenvalue weighted by molar-refractivity contribution is 0.364. The predicted octanol–water partition coefficient (Wildman–Crippen LogP) is 3.20. The molecule has 0 N–H and O–H groups in total. The van der Waals surface area contributed by atoms with E-state index in [1.165, 1.54) is 11.8 Å². The van der Waals surface area contributed by atoms with Crippen molar-refractivity contribution < 1.29 is 9.26 Å². The standard InChI is InChI=1S/C16H20N6O2S/c1-10(13-17-14(19-24-13)16(2,3)4)25-15-18-20-21-22(15)11-6-8-12(23-5)9-7-11/h6-10H,1-5H3. The average Bonchev–Trinajstić information content (AvgIpc) is 3.24. The lowest BCUT2D eigenvalue weighted by Gasteiger charge is -2.11. The Morgan fingerprint density at radius 3 is 2.52 bits per heavy atom. The summed E-state index contributed by atoms with van der Waals surface area (Å²) in [7, 11) is 1.63. The van der Waals surface area contributed by atoms with E-state index in [0.29, 0.717) is 16.9 Å². The fourth-order valence-electron chi connectivity index (χ4n) is 2.05. The van der Waals surface area contributed by atoms with Gasteiger partial charge in [0.15, 0.2) is 5.82 Å². The van der Waals surface area contributed by atoms with Crippen molar-refractivity contribution in [2.45, 2.75) is 43.5 Å². The zero-order valence-electron chi connectivity index (χ0n) is 14.8. The SMILES string of the molecule is COc1ccc(-n2nnnc2SC(C)c2nc(C(C)(C)C)no2)cc1. The first-order valence-corrected chi connectivity index (χ1v) is 8.70. The molecule has 0 saturated carbocycles. The van der Waals surface area contributed by atoms with Crippen molar-refractivity contribution in [1.82, 2.24) is 30.3 Å². The molecular formula is C16H20N6O2S. The van der Waals surface area contributed by atoms with Crippen LogP contribution in [0.5, 0.6) is 5.75 Å². The van der Waals surface area contributed by atoms with Gasteiger partial charge in [0.2, 0.25) is 11.0 Å². The molecule has 3 rings (SSSR count). The van der Waals surface area contributed by atoms with Gasteiger partial charge in [-0.1, -0.05) is 37.7 Å². The van der Waals surface area contributed by atoms with E-state index in [-0.39, 0.29) is 10.7 Å². The highest BCUT2D eigenvalue weighted by atomic mass is 32.2. The maximum atomic E-state index is 5.40. The number of nitrogens with zero attached hydrogens (tertiary/aromatic N) is 6. The van der Waals surface area contributed by atoms with E-state index < -0.39 is 0 Å². The Labute approximate surface area is 150 Å². The van der Waals surface area contributed by atoms with Crippen molar-refractivity contribution in [3.8, 4) is 11.4 Å². The van der Waals surface area contributed by atoms with Crippen molar-refractivity contribution in [2.75, 3.05) is 7.11 Å². The van der Waals surface area contributed by atoms with Crippen LogP contribution in [-0.4, -0.2) is 37.5 Å². The molecule has 0 aliphatic carbocycles. The lowest BCUT2D eigenvalue weighted by atomic mass is 9.96. The average molecular weight is 360 g/mol. The molecule has 9 heteroatoms. The summed E-state index contributed by atoms with van der Waals surface area (Å²) in [4.78, 5) is 4.49. The summed E-state index contributed by atoms with van der Waals surface area (Å²) in [6.07, 6.45) is 0. The number of methoxy groups -OCH3 is 1. The second kappa shape index (κ2) is 6.83. The van der Waals surface area contributed by atoms with Gasteiger partial charge >= 0.3 is 0 Å².